The van der Waals surface area contributed by atoms with Gasteiger partial charge in [0.25, 0.3) is 0 Å². The van der Waals surface area contributed by atoms with Crippen molar-refractivity contribution >= 4 is 12.1 Å². The van der Waals surface area contributed by atoms with Crippen molar-refractivity contribution in [2.24, 2.45) is 34.5 Å². The van der Waals surface area contributed by atoms with Crippen LogP contribution in [0, 0.1) is 34.5 Å². The first kappa shape index (κ1) is 19.0. The van der Waals surface area contributed by atoms with E-state index in [0.717, 1.165) is 38.4 Å². The Morgan fingerprint density at radius 3 is 2.64 bits per heavy atom. The van der Waals surface area contributed by atoms with Crippen LogP contribution in [0.25, 0.3) is 0 Å². The molecule has 0 aromatic heterocycles. The summed E-state index contributed by atoms with van der Waals surface area (Å²) >= 11 is 0. The summed E-state index contributed by atoms with van der Waals surface area (Å²) in [5, 5.41) is 10.4. The molecule has 3 fully saturated rings. The number of hydrogen-bond acceptors (Lipinski definition) is 4. The van der Waals surface area contributed by atoms with Crippen molar-refractivity contribution < 1.29 is 19.4 Å². The molecule has 25 heavy (non-hydrogen) atoms. The monoisotopic (exact) mass is 350 g/mol. The Morgan fingerprint density at radius 1 is 1.28 bits per heavy atom. The van der Waals surface area contributed by atoms with Gasteiger partial charge in [-0.2, -0.15) is 0 Å². The van der Waals surface area contributed by atoms with Crippen molar-refractivity contribution in [1.82, 2.24) is 0 Å². The molecule has 7 unspecified atom stereocenters. The number of hydrogen-bond donors (Lipinski definition) is 1. The Bertz CT molecular complexity index is 528. The van der Waals surface area contributed by atoms with E-state index in [1.165, 1.54) is 0 Å². The first-order valence-electron chi connectivity index (χ1n) is 9.92. The van der Waals surface area contributed by atoms with Crippen molar-refractivity contribution in [3.8, 4) is 0 Å². The van der Waals surface area contributed by atoms with Crippen LogP contribution in [0.15, 0.2) is 0 Å². The molecular weight excluding hydrogens is 316 g/mol. The average molecular weight is 350 g/mol. The summed E-state index contributed by atoms with van der Waals surface area (Å²) in [7, 11) is 1.66. The highest BCUT2D eigenvalue weighted by atomic mass is 16.5. The minimum absolute atomic E-state index is 0.0285. The normalized spacial score (nSPS) is 46.2. The Balaban J connectivity index is 1.93. The van der Waals surface area contributed by atoms with Gasteiger partial charge in [0.1, 0.15) is 12.1 Å². The molecule has 3 saturated carbocycles. The van der Waals surface area contributed by atoms with E-state index in [0.29, 0.717) is 36.4 Å². The predicted molar refractivity (Wildman–Crippen MR) is 96.0 cm³/mol. The lowest BCUT2D eigenvalue weighted by Crippen LogP contribution is -2.59. The first-order chi connectivity index (χ1) is 11.7. The number of rotatable bonds is 4. The van der Waals surface area contributed by atoms with Gasteiger partial charge in [0.15, 0.2) is 0 Å². The van der Waals surface area contributed by atoms with Gasteiger partial charge in [-0.3, -0.25) is 4.79 Å². The molecule has 7 atom stereocenters. The molecule has 0 aromatic carbocycles. The molecule has 0 amide bonds. The highest BCUT2D eigenvalue weighted by Gasteiger charge is 2.60. The molecule has 0 heterocycles. The predicted octanol–water partition coefficient (Wildman–Crippen LogP) is 3.40. The number of aldehydes is 1. The third-order valence-electron chi connectivity index (χ3n) is 7.91. The Labute approximate surface area is 151 Å². The molecule has 0 saturated heterocycles. The lowest BCUT2D eigenvalue weighted by molar-refractivity contribution is -0.176. The quantitative estimate of drug-likeness (QED) is 0.789. The van der Waals surface area contributed by atoms with Crippen LogP contribution in [-0.4, -0.2) is 36.5 Å². The Morgan fingerprint density at radius 2 is 2.00 bits per heavy atom. The van der Waals surface area contributed by atoms with E-state index in [-0.39, 0.29) is 22.9 Å². The standard InChI is InChI=1S/C21H34O4/c1-20(2)11-17(24)19-14(15(20)6-5-9-22)8-7-13-10-16(23)18(25-4)12-21(13,19)3/h9,13-16,18-19,23H,5-8,10-12H2,1-4H3. The number of ketones is 1. The van der Waals surface area contributed by atoms with Crippen LogP contribution in [0.1, 0.15) is 65.7 Å². The third-order valence-corrected chi connectivity index (χ3v) is 7.91. The fraction of sp³-hybridized carbons (Fsp3) is 0.905. The zero-order chi connectivity index (χ0) is 18.4. The van der Waals surface area contributed by atoms with E-state index in [1.54, 1.807) is 7.11 Å². The van der Waals surface area contributed by atoms with Gasteiger partial charge >= 0.3 is 0 Å². The summed E-state index contributed by atoms with van der Waals surface area (Å²) < 4.78 is 5.56. The van der Waals surface area contributed by atoms with Crippen LogP contribution < -0.4 is 0 Å². The number of ether oxygens (including phenoxy) is 1. The molecule has 4 heteroatoms. The second kappa shape index (κ2) is 6.77. The third kappa shape index (κ3) is 3.10. The number of Topliss-reactive ketones (excluding diaryl/α,β-unsaturated/α-hetero) is 1. The van der Waals surface area contributed by atoms with E-state index in [2.05, 4.69) is 20.8 Å². The highest BCUT2D eigenvalue weighted by Crippen LogP contribution is 2.62. The van der Waals surface area contributed by atoms with Gasteiger partial charge in [-0.05, 0) is 60.7 Å². The summed E-state index contributed by atoms with van der Waals surface area (Å²) in [5.41, 5.74) is -0.116. The maximum Gasteiger partial charge on any atom is 0.137 e. The highest BCUT2D eigenvalue weighted by molar-refractivity contribution is 5.84. The zero-order valence-electron chi connectivity index (χ0n) is 16.2. The zero-order valence-corrected chi connectivity index (χ0v) is 16.2. The molecule has 4 nitrogen and oxygen atoms in total. The Hall–Kier alpha value is -0.740. The van der Waals surface area contributed by atoms with Crippen molar-refractivity contribution in [3.63, 3.8) is 0 Å². The number of carbonyl (C=O) groups excluding carboxylic acids is 2. The van der Waals surface area contributed by atoms with E-state index in [9.17, 15) is 14.7 Å². The second-order valence-corrected chi connectivity index (χ2v) is 9.69. The minimum atomic E-state index is -0.416. The molecule has 3 aliphatic rings. The van der Waals surface area contributed by atoms with Crippen molar-refractivity contribution in [2.75, 3.05) is 7.11 Å². The lowest BCUT2D eigenvalue weighted by Gasteiger charge is -2.60. The van der Waals surface area contributed by atoms with Crippen LogP contribution in [0.2, 0.25) is 0 Å². The number of carbonyl (C=O) groups is 2. The van der Waals surface area contributed by atoms with Gasteiger partial charge in [0.05, 0.1) is 12.2 Å². The number of aliphatic hydroxyl groups excluding tert-OH is 1. The molecule has 0 spiro atoms. The largest absolute Gasteiger partial charge is 0.390 e. The van der Waals surface area contributed by atoms with Crippen LogP contribution in [0.4, 0.5) is 0 Å². The summed E-state index contributed by atoms with van der Waals surface area (Å²) in [5.74, 6) is 1.64. The summed E-state index contributed by atoms with van der Waals surface area (Å²) in [6.07, 6.45) is 6.16. The first-order valence-corrected chi connectivity index (χ1v) is 9.92. The molecule has 3 aliphatic carbocycles. The minimum Gasteiger partial charge on any atom is -0.390 e. The van der Waals surface area contributed by atoms with Crippen LogP contribution in [0.5, 0.6) is 0 Å². The lowest BCUT2D eigenvalue weighted by atomic mass is 9.44. The fourth-order valence-corrected chi connectivity index (χ4v) is 6.73. The molecule has 0 bridgehead atoms. The molecular formula is C21H34O4. The summed E-state index contributed by atoms with van der Waals surface area (Å²) in [6.45, 7) is 6.67. The van der Waals surface area contributed by atoms with Crippen LogP contribution in [0.3, 0.4) is 0 Å². The van der Waals surface area contributed by atoms with Gasteiger partial charge < -0.3 is 14.6 Å². The summed E-state index contributed by atoms with van der Waals surface area (Å²) in [6, 6.07) is 0. The van der Waals surface area contributed by atoms with E-state index in [4.69, 9.17) is 4.74 Å². The van der Waals surface area contributed by atoms with E-state index >= 15 is 0 Å². The van der Waals surface area contributed by atoms with Crippen molar-refractivity contribution in [3.05, 3.63) is 0 Å². The van der Waals surface area contributed by atoms with Crippen molar-refractivity contribution in [2.45, 2.75) is 77.9 Å². The number of fused-ring (bicyclic) bond motifs is 3. The smallest absolute Gasteiger partial charge is 0.137 e. The van der Waals surface area contributed by atoms with Gasteiger partial charge in [0, 0.05) is 25.9 Å². The van der Waals surface area contributed by atoms with Gasteiger partial charge in [-0.25, -0.2) is 0 Å². The van der Waals surface area contributed by atoms with Crippen LogP contribution in [-0.2, 0) is 14.3 Å². The topological polar surface area (TPSA) is 63.6 Å². The summed E-state index contributed by atoms with van der Waals surface area (Å²) in [4.78, 5) is 24.2. The van der Waals surface area contributed by atoms with Gasteiger partial charge in [0.2, 0.25) is 0 Å². The number of methoxy groups -OCH3 is 1. The molecule has 0 radical (unpaired) electrons. The van der Waals surface area contributed by atoms with Gasteiger partial charge in [-0.1, -0.05) is 20.8 Å². The Kier molecular flexibility index (Phi) is 5.15. The molecule has 142 valence electrons. The van der Waals surface area contributed by atoms with Gasteiger partial charge in [-0.15, -0.1) is 0 Å². The molecule has 0 aliphatic heterocycles. The van der Waals surface area contributed by atoms with E-state index < -0.39 is 6.10 Å². The second-order valence-electron chi connectivity index (χ2n) is 9.69. The molecule has 0 aromatic rings. The molecule has 3 rings (SSSR count). The maximum atomic E-state index is 13.2. The maximum absolute atomic E-state index is 13.2. The van der Waals surface area contributed by atoms with Crippen molar-refractivity contribution in [1.29, 1.82) is 0 Å². The van der Waals surface area contributed by atoms with Crippen LogP contribution >= 0.6 is 0 Å². The number of aliphatic hydroxyl groups is 1. The SMILES string of the molecule is COC1CC2(C)C(CCC3C(CCC=O)C(C)(C)CC(=O)C32)CC1O. The van der Waals surface area contributed by atoms with E-state index in [1.807, 2.05) is 0 Å². The average Bonchev–Trinajstić information content (AvgIpc) is 2.53. The fourth-order valence-electron chi connectivity index (χ4n) is 6.73. The molecule has 1 N–H and O–H groups in total.